The highest BCUT2D eigenvalue weighted by molar-refractivity contribution is 7.89. The standard InChI is InChI=1S/C20H23ClFN3O5S/c1-12(30-15-8-6-14(22)7-9-15)18(26)23-24-19(27)13-5-10-16(21)17(11-13)31(28,29)25-20(2,3)4/h5-12,25H,1-4H3,(H,23,26)(H,24,27). The van der Waals surface area contributed by atoms with Gasteiger partial charge in [-0.3, -0.25) is 20.4 Å². The third kappa shape index (κ3) is 7.20. The van der Waals surface area contributed by atoms with E-state index in [9.17, 15) is 22.4 Å². The van der Waals surface area contributed by atoms with Gasteiger partial charge in [0.05, 0.1) is 5.02 Å². The van der Waals surface area contributed by atoms with Gasteiger partial charge in [-0.05, 0) is 70.2 Å². The topological polar surface area (TPSA) is 114 Å². The summed E-state index contributed by atoms with van der Waals surface area (Å²) in [6.07, 6.45) is -0.997. The Bertz CT molecular complexity index is 1070. The van der Waals surface area contributed by atoms with Crippen LogP contribution in [0.1, 0.15) is 38.1 Å². The Hall–Kier alpha value is -2.69. The van der Waals surface area contributed by atoms with Gasteiger partial charge in [-0.1, -0.05) is 11.6 Å². The van der Waals surface area contributed by atoms with Crippen molar-refractivity contribution in [1.29, 1.82) is 0 Å². The Balaban J connectivity index is 2.05. The van der Waals surface area contributed by atoms with E-state index in [4.69, 9.17) is 16.3 Å². The van der Waals surface area contributed by atoms with E-state index in [1.807, 2.05) is 0 Å². The van der Waals surface area contributed by atoms with Crippen LogP contribution in [0.15, 0.2) is 47.4 Å². The maximum Gasteiger partial charge on any atom is 0.279 e. The molecule has 3 N–H and O–H groups in total. The molecule has 0 heterocycles. The van der Waals surface area contributed by atoms with Gasteiger partial charge in [0.15, 0.2) is 6.10 Å². The molecule has 0 aliphatic heterocycles. The molecule has 2 rings (SSSR count). The van der Waals surface area contributed by atoms with E-state index < -0.39 is 39.3 Å². The van der Waals surface area contributed by atoms with Crippen molar-refractivity contribution < 1.29 is 27.1 Å². The van der Waals surface area contributed by atoms with Crippen LogP contribution >= 0.6 is 11.6 Å². The summed E-state index contributed by atoms with van der Waals surface area (Å²) in [6, 6.07) is 8.79. The number of hydrogen-bond donors (Lipinski definition) is 3. The number of sulfonamides is 1. The highest BCUT2D eigenvalue weighted by Crippen LogP contribution is 2.24. The number of carbonyl (C=O) groups is 2. The van der Waals surface area contributed by atoms with Crippen molar-refractivity contribution in [2.45, 2.75) is 44.2 Å². The lowest BCUT2D eigenvalue weighted by Crippen LogP contribution is -2.47. The molecule has 0 spiro atoms. The molecule has 168 valence electrons. The minimum atomic E-state index is -3.98. The van der Waals surface area contributed by atoms with Crippen molar-refractivity contribution in [3.63, 3.8) is 0 Å². The quantitative estimate of drug-likeness (QED) is 0.560. The summed E-state index contributed by atoms with van der Waals surface area (Å²) in [4.78, 5) is 24.2. The smallest absolute Gasteiger partial charge is 0.279 e. The van der Waals surface area contributed by atoms with Crippen LogP contribution in [0.5, 0.6) is 5.75 Å². The van der Waals surface area contributed by atoms with Crippen molar-refractivity contribution in [3.8, 4) is 5.75 Å². The highest BCUT2D eigenvalue weighted by atomic mass is 35.5. The Morgan fingerprint density at radius 2 is 1.68 bits per heavy atom. The molecule has 2 aromatic carbocycles. The number of ether oxygens (including phenoxy) is 1. The molecule has 31 heavy (non-hydrogen) atoms. The third-order valence-electron chi connectivity index (χ3n) is 3.72. The van der Waals surface area contributed by atoms with Gasteiger partial charge in [0.2, 0.25) is 10.0 Å². The second kappa shape index (κ2) is 9.63. The molecule has 0 aromatic heterocycles. The average molecular weight is 472 g/mol. The first kappa shape index (κ1) is 24.6. The number of carbonyl (C=O) groups excluding carboxylic acids is 2. The monoisotopic (exact) mass is 471 g/mol. The summed E-state index contributed by atoms with van der Waals surface area (Å²) in [5.74, 6) is -1.60. The summed E-state index contributed by atoms with van der Waals surface area (Å²) >= 11 is 6.01. The number of rotatable bonds is 6. The molecule has 2 amide bonds. The summed E-state index contributed by atoms with van der Waals surface area (Å²) in [7, 11) is -3.98. The fraction of sp³-hybridized carbons (Fsp3) is 0.300. The first-order valence-corrected chi connectivity index (χ1v) is 11.0. The number of hydrazine groups is 1. The third-order valence-corrected chi connectivity index (χ3v) is 5.96. The molecular formula is C20H23ClFN3O5S. The lowest BCUT2D eigenvalue weighted by molar-refractivity contribution is -0.128. The van der Waals surface area contributed by atoms with Crippen LogP contribution in [0, 0.1) is 5.82 Å². The summed E-state index contributed by atoms with van der Waals surface area (Å²) < 4.78 is 45.9. The first-order chi connectivity index (χ1) is 14.3. The number of amides is 2. The van der Waals surface area contributed by atoms with Crippen LogP contribution in [0.25, 0.3) is 0 Å². The van der Waals surface area contributed by atoms with E-state index in [2.05, 4.69) is 15.6 Å². The molecule has 0 fully saturated rings. The lowest BCUT2D eigenvalue weighted by atomic mass is 10.1. The maximum absolute atomic E-state index is 12.9. The van der Waals surface area contributed by atoms with Gasteiger partial charge < -0.3 is 4.74 Å². The Labute approximate surface area is 185 Å². The Morgan fingerprint density at radius 1 is 1.06 bits per heavy atom. The van der Waals surface area contributed by atoms with Gasteiger partial charge in [0, 0.05) is 11.1 Å². The largest absolute Gasteiger partial charge is 0.481 e. The lowest BCUT2D eigenvalue weighted by Gasteiger charge is -2.21. The van der Waals surface area contributed by atoms with Gasteiger partial charge in [0.1, 0.15) is 16.5 Å². The minimum absolute atomic E-state index is 0.0360. The number of nitrogens with one attached hydrogen (secondary N) is 3. The summed E-state index contributed by atoms with van der Waals surface area (Å²) in [5, 5.41) is -0.0568. The molecular weight excluding hydrogens is 449 g/mol. The van der Waals surface area contributed by atoms with Crippen molar-refractivity contribution in [3.05, 3.63) is 58.9 Å². The molecule has 1 atom stereocenters. The molecule has 0 bridgehead atoms. The van der Waals surface area contributed by atoms with E-state index in [-0.39, 0.29) is 21.2 Å². The zero-order valence-corrected chi connectivity index (χ0v) is 18.9. The molecule has 11 heteroatoms. The van der Waals surface area contributed by atoms with Crippen LogP contribution < -0.4 is 20.3 Å². The van der Waals surface area contributed by atoms with Crippen LogP contribution in [0.2, 0.25) is 5.02 Å². The number of benzene rings is 2. The van der Waals surface area contributed by atoms with Crippen LogP contribution in [-0.2, 0) is 14.8 Å². The molecule has 8 nitrogen and oxygen atoms in total. The van der Waals surface area contributed by atoms with E-state index in [0.717, 1.165) is 6.07 Å². The molecule has 0 saturated carbocycles. The Morgan fingerprint density at radius 3 is 2.26 bits per heavy atom. The number of halogens is 2. The highest BCUT2D eigenvalue weighted by Gasteiger charge is 2.25. The van der Waals surface area contributed by atoms with Crippen LogP contribution in [0.3, 0.4) is 0 Å². The zero-order valence-electron chi connectivity index (χ0n) is 17.3. The van der Waals surface area contributed by atoms with Gasteiger partial charge in [-0.15, -0.1) is 0 Å². The molecule has 1 unspecified atom stereocenters. The van der Waals surface area contributed by atoms with Gasteiger partial charge in [-0.2, -0.15) is 0 Å². The van der Waals surface area contributed by atoms with E-state index >= 15 is 0 Å². The van der Waals surface area contributed by atoms with E-state index in [1.165, 1.54) is 43.3 Å². The van der Waals surface area contributed by atoms with Crippen molar-refractivity contribution in [2.24, 2.45) is 0 Å². The van der Waals surface area contributed by atoms with E-state index in [0.29, 0.717) is 0 Å². The SMILES string of the molecule is CC(Oc1ccc(F)cc1)C(=O)NNC(=O)c1ccc(Cl)c(S(=O)(=O)NC(C)(C)C)c1. The van der Waals surface area contributed by atoms with Crippen LogP contribution in [-0.4, -0.2) is 31.9 Å². The molecule has 0 radical (unpaired) electrons. The van der Waals surface area contributed by atoms with Gasteiger partial charge in [0.25, 0.3) is 11.8 Å². The zero-order chi connectivity index (χ0) is 23.4. The molecule has 0 aliphatic rings. The average Bonchev–Trinajstić information content (AvgIpc) is 2.65. The van der Waals surface area contributed by atoms with E-state index in [1.54, 1.807) is 20.8 Å². The first-order valence-electron chi connectivity index (χ1n) is 9.14. The second-order valence-electron chi connectivity index (χ2n) is 7.66. The van der Waals surface area contributed by atoms with Crippen molar-refractivity contribution in [2.75, 3.05) is 0 Å². The maximum atomic E-state index is 12.9. The summed E-state index contributed by atoms with van der Waals surface area (Å²) in [6.45, 7) is 6.44. The predicted molar refractivity (Wildman–Crippen MR) is 114 cm³/mol. The Kier molecular flexibility index (Phi) is 7.63. The second-order valence-corrected chi connectivity index (χ2v) is 9.72. The minimum Gasteiger partial charge on any atom is -0.481 e. The molecule has 0 aliphatic carbocycles. The number of hydrogen-bond acceptors (Lipinski definition) is 5. The van der Waals surface area contributed by atoms with Crippen molar-refractivity contribution in [1.82, 2.24) is 15.6 Å². The normalized spacial score (nSPS) is 12.7. The van der Waals surface area contributed by atoms with Crippen molar-refractivity contribution >= 4 is 33.4 Å². The fourth-order valence-corrected chi connectivity index (χ4v) is 4.32. The predicted octanol–water partition coefficient (Wildman–Crippen LogP) is 2.78. The fourth-order valence-electron chi connectivity index (χ4n) is 2.37. The van der Waals surface area contributed by atoms with Gasteiger partial charge >= 0.3 is 0 Å². The molecule has 0 saturated heterocycles. The van der Waals surface area contributed by atoms with Gasteiger partial charge in [-0.25, -0.2) is 17.5 Å². The summed E-state index contributed by atoms with van der Waals surface area (Å²) in [5.41, 5.74) is 3.58. The van der Waals surface area contributed by atoms with Crippen LogP contribution in [0.4, 0.5) is 4.39 Å². The molecule has 2 aromatic rings.